The highest BCUT2D eigenvalue weighted by molar-refractivity contribution is 7.11. The Morgan fingerprint density at radius 3 is 2.61 bits per heavy atom. The van der Waals surface area contributed by atoms with Gasteiger partial charge in [0.1, 0.15) is 0 Å². The highest BCUT2D eigenvalue weighted by Crippen LogP contribution is 2.25. The lowest BCUT2D eigenvalue weighted by Crippen LogP contribution is -2.13. The van der Waals surface area contributed by atoms with E-state index >= 15 is 0 Å². The molecule has 0 bridgehead atoms. The Kier molecular flexibility index (Phi) is 4.09. The van der Waals surface area contributed by atoms with Crippen LogP contribution in [0.4, 0.5) is 0 Å². The summed E-state index contributed by atoms with van der Waals surface area (Å²) in [6, 6.07) is 4.19. The molecule has 0 spiro atoms. The Balaban J connectivity index is 2.10. The molecule has 1 atom stereocenters. The summed E-state index contributed by atoms with van der Waals surface area (Å²) < 4.78 is 0. The molecule has 96 valence electrons. The fourth-order valence-electron chi connectivity index (χ4n) is 1.99. The SMILES string of the molecule is CCc1ccc(CC(N)c2sc(C)nc2C)nc1. The van der Waals surface area contributed by atoms with Crippen molar-refractivity contribution in [2.24, 2.45) is 5.73 Å². The van der Waals surface area contributed by atoms with Gasteiger partial charge in [0.15, 0.2) is 0 Å². The molecule has 2 N–H and O–H groups in total. The van der Waals surface area contributed by atoms with Crippen molar-refractivity contribution in [3.8, 4) is 0 Å². The van der Waals surface area contributed by atoms with Crippen molar-refractivity contribution in [2.75, 3.05) is 0 Å². The first-order valence-corrected chi connectivity index (χ1v) is 7.05. The summed E-state index contributed by atoms with van der Waals surface area (Å²) in [5.74, 6) is 0. The van der Waals surface area contributed by atoms with Crippen LogP contribution in [0, 0.1) is 13.8 Å². The van der Waals surface area contributed by atoms with Gasteiger partial charge in [0.25, 0.3) is 0 Å². The van der Waals surface area contributed by atoms with Gasteiger partial charge in [-0.15, -0.1) is 11.3 Å². The van der Waals surface area contributed by atoms with Crippen LogP contribution in [0.1, 0.15) is 39.8 Å². The number of hydrogen-bond donors (Lipinski definition) is 1. The van der Waals surface area contributed by atoms with Crippen molar-refractivity contribution in [2.45, 2.75) is 39.7 Å². The lowest BCUT2D eigenvalue weighted by atomic mass is 10.1. The molecule has 0 aromatic carbocycles. The topological polar surface area (TPSA) is 51.8 Å². The van der Waals surface area contributed by atoms with Crippen LogP contribution in [-0.2, 0) is 12.8 Å². The van der Waals surface area contributed by atoms with Crippen molar-refractivity contribution in [1.29, 1.82) is 0 Å². The van der Waals surface area contributed by atoms with E-state index in [0.717, 1.165) is 29.2 Å². The lowest BCUT2D eigenvalue weighted by Gasteiger charge is -2.10. The van der Waals surface area contributed by atoms with Crippen LogP contribution in [0.25, 0.3) is 0 Å². The Labute approximate surface area is 112 Å². The third-order valence-electron chi connectivity index (χ3n) is 3.00. The first-order chi connectivity index (χ1) is 8.60. The number of rotatable bonds is 4. The molecule has 1 unspecified atom stereocenters. The summed E-state index contributed by atoms with van der Waals surface area (Å²) in [5, 5.41) is 1.08. The van der Waals surface area contributed by atoms with Crippen molar-refractivity contribution < 1.29 is 0 Å². The average molecular weight is 261 g/mol. The summed E-state index contributed by atoms with van der Waals surface area (Å²) in [7, 11) is 0. The van der Waals surface area contributed by atoms with Gasteiger partial charge < -0.3 is 5.73 Å². The number of hydrogen-bond acceptors (Lipinski definition) is 4. The highest BCUT2D eigenvalue weighted by Gasteiger charge is 2.14. The summed E-state index contributed by atoms with van der Waals surface area (Å²) in [5.41, 5.74) is 9.60. The van der Waals surface area contributed by atoms with Gasteiger partial charge in [0.2, 0.25) is 0 Å². The predicted molar refractivity (Wildman–Crippen MR) is 75.8 cm³/mol. The second-order valence-corrected chi connectivity index (χ2v) is 5.74. The number of pyridine rings is 1. The smallest absolute Gasteiger partial charge is 0.0900 e. The molecule has 0 saturated heterocycles. The van der Waals surface area contributed by atoms with Gasteiger partial charge in [0.05, 0.1) is 10.7 Å². The molecule has 2 aromatic rings. The van der Waals surface area contributed by atoms with Crippen LogP contribution < -0.4 is 5.73 Å². The molecule has 0 saturated carbocycles. The number of nitrogens with zero attached hydrogens (tertiary/aromatic N) is 2. The van der Waals surface area contributed by atoms with E-state index in [9.17, 15) is 0 Å². The van der Waals surface area contributed by atoms with E-state index in [0.29, 0.717) is 0 Å². The second-order valence-electron chi connectivity index (χ2n) is 4.50. The first-order valence-electron chi connectivity index (χ1n) is 6.23. The first kappa shape index (κ1) is 13.2. The van der Waals surface area contributed by atoms with Gasteiger partial charge in [-0.05, 0) is 31.9 Å². The molecule has 2 rings (SSSR count). The van der Waals surface area contributed by atoms with Crippen LogP contribution in [0.5, 0.6) is 0 Å². The molecule has 4 heteroatoms. The zero-order valence-corrected chi connectivity index (χ0v) is 11.9. The third-order valence-corrected chi connectivity index (χ3v) is 4.20. The largest absolute Gasteiger partial charge is 0.323 e. The van der Waals surface area contributed by atoms with Gasteiger partial charge in [0, 0.05) is 29.2 Å². The monoisotopic (exact) mass is 261 g/mol. The Morgan fingerprint density at radius 1 is 1.33 bits per heavy atom. The average Bonchev–Trinajstić information content (AvgIpc) is 2.69. The van der Waals surface area contributed by atoms with Gasteiger partial charge in [-0.3, -0.25) is 4.98 Å². The minimum Gasteiger partial charge on any atom is -0.323 e. The standard InChI is InChI=1S/C14H19N3S/c1-4-11-5-6-12(16-8-11)7-13(15)14-9(2)17-10(3)18-14/h5-6,8,13H,4,7,15H2,1-3H3. The van der Waals surface area contributed by atoms with E-state index in [1.165, 1.54) is 10.4 Å². The minimum atomic E-state index is -0.00354. The normalized spacial score (nSPS) is 12.7. The maximum Gasteiger partial charge on any atom is 0.0900 e. The number of thiazole rings is 1. The summed E-state index contributed by atoms with van der Waals surface area (Å²) >= 11 is 1.69. The molecule has 0 aliphatic carbocycles. The Hall–Kier alpha value is -1.26. The molecular weight excluding hydrogens is 242 g/mol. The quantitative estimate of drug-likeness (QED) is 0.920. The third kappa shape index (κ3) is 2.94. The molecule has 0 amide bonds. The molecule has 2 aromatic heterocycles. The van der Waals surface area contributed by atoms with Crippen molar-refractivity contribution in [3.05, 3.63) is 45.2 Å². The van der Waals surface area contributed by atoms with Gasteiger partial charge >= 0.3 is 0 Å². The van der Waals surface area contributed by atoms with E-state index < -0.39 is 0 Å². The molecule has 2 heterocycles. The predicted octanol–water partition coefficient (Wildman–Crippen LogP) is 2.96. The summed E-state index contributed by atoms with van der Waals surface area (Å²) in [6.07, 6.45) is 3.73. The van der Waals surface area contributed by atoms with E-state index in [-0.39, 0.29) is 6.04 Å². The second kappa shape index (κ2) is 5.59. The van der Waals surface area contributed by atoms with Crippen molar-refractivity contribution in [3.63, 3.8) is 0 Å². The van der Waals surface area contributed by atoms with Gasteiger partial charge in [-0.1, -0.05) is 13.0 Å². The van der Waals surface area contributed by atoms with E-state index in [1.807, 2.05) is 20.0 Å². The van der Waals surface area contributed by atoms with Crippen LogP contribution in [0.15, 0.2) is 18.3 Å². The zero-order chi connectivity index (χ0) is 13.1. The molecule has 3 nitrogen and oxygen atoms in total. The molecular formula is C14H19N3S. The Bertz CT molecular complexity index is 516. The molecule has 0 aliphatic rings. The van der Waals surface area contributed by atoms with E-state index in [4.69, 9.17) is 5.73 Å². The highest BCUT2D eigenvalue weighted by atomic mass is 32.1. The lowest BCUT2D eigenvalue weighted by molar-refractivity contribution is 0.712. The summed E-state index contributed by atoms with van der Waals surface area (Å²) in [4.78, 5) is 10.0. The molecule has 0 fully saturated rings. The van der Waals surface area contributed by atoms with Gasteiger partial charge in [-0.25, -0.2) is 4.98 Å². The molecule has 0 radical (unpaired) electrons. The number of aryl methyl sites for hydroxylation is 3. The van der Waals surface area contributed by atoms with Crippen LogP contribution in [0.2, 0.25) is 0 Å². The van der Waals surface area contributed by atoms with Crippen LogP contribution in [0.3, 0.4) is 0 Å². The minimum absolute atomic E-state index is 0.00354. The molecule has 18 heavy (non-hydrogen) atoms. The number of nitrogens with two attached hydrogens (primary N) is 1. The van der Waals surface area contributed by atoms with Crippen LogP contribution >= 0.6 is 11.3 Å². The van der Waals surface area contributed by atoms with Crippen LogP contribution in [-0.4, -0.2) is 9.97 Å². The number of aromatic nitrogens is 2. The van der Waals surface area contributed by atoms with Crippen molar-refractivity contribution in [1.82, 2.24) is 9.97 Å². The fraction of sp³-hybridized carbons (Fsp3) is 0.429. The Morgan fingerprint density at radius 2 is 2.11 bits per heavy atom. The van der Waals surface area contributed by atoms with E-state index in [2.05, 4.69) is 29.0 Å². The zero-order valence-electron chi connectivity index (χ0n) is 11.1. The van der Waals surface area contributed by atoms with E-state index in [1.54, 1.807) is 11.3 Å². The molecule has 0 aliphatic heterocycles. The maximum absolute atomic E-state index is 6.24. The van der Waals surface area contributed by atoms with Crippen molar-refractivity contribution >= 4 is 11.3 Å². The maximum atomic E-state index is 6.24. The van der Waals surface area contributed by atoms with Gasteiger partial charge in [-0.2, -0.15) is 0 Å². The fourth-order valence-corrected chi connectivity index (χ4v) is 2.92. The summed E-state index contributed by atoms with van der Waals surface area (Å²) in [6.45, 7) is 6.17.